The Morgan fingerprint density at radius 3 is 3.00 bits per heavy atom. The minimum absolute atomic E-state index is 0.197. The van der Waals surface area contributed by atoms with Gasteiger partial charge in [0.15, 0.2) is 5.82 Å². The Balaban J connectivity index is 1.84. The maximum Gasteiger partial charge on any atom is 0.328 e. The molecule has 0 fully saturated rings. The third-order valence-electron chi connectivity index (χ3n) is 2.55. The molecule has 2 rings (SSSR count). The van der Waals surface area contributed by atoms with Crippen molar-refractivity contribution in [3.8, 4) is 0 Å². The molecule has 2 aromatic heterocycles. The molecule has 0 saturated carbocycles. The third kappa shape index (κ3) is 4.53. The molecule has 21 heavy (non-hydrogen) atoms. The molecule has 8 heteroatoms. The normalized spacial score (nSPS) is 10.9. The molecule has 0 aromatic carbocycles. The van der Waals surface area contributed by atoms with Crippen LogP contribution in [0.4, 0.5) is 0 Å². The number of aromatic nitrogens is 3. The summed E-state index contributed by atoms with van der Waals surface area (Å²) in [6.45, 7) is 0.443. The van der Waals surface area contributed by atoms with E-state index < -0.39 is 5.97 Å². The zero-order chi connectivity index (χ0) is 15.2. The largest absolute Gasteiger partial charge is 0.478 e. The molecule has 0 unspecified atom stereocenters. The SMILES string of the molecule is Cn1cnc(CCNC(=O)c2csc(/C=C/C(=O)O)c2)n1. The van der Waals surface area contributed by atoms with Gasteiger partial charge in [-0.05, 0) is 12.1 Å². The first-order valence-electron chi connectivity index (χ1n) is 6.17. The van der Waals surface area contributed by atoms with Crippen molar-refractivity contribution in [3.05, 3.63) is 40.1 Å². The van der Waals surface area contributed by atoms with Gasteiger partial charge in [0.05, 0.1) is 5.56 Å². The Kier molecular flexibility index (Phi) is 4.83. The lowest BCUT2D eigenvalue weighted by molar-refractivity contribution is -0.131. The van der Waals surface area contributed by atoms with Gasteiger partial charge in [-0.15, -0.1) is 11.3 Å². The number of aryl methyl sites for hydroxylation is 1. The Morgan fingerprint density at radius 2 is 2.33 bits per heavy atom. The first kappa shape index (κ1) is 14.9. The second-order valence-electron chi connectivity index (χ2n) is 4.25. The van der Waals surface area contributed by atoms with Crippen LogP contribution in [0.15, 0.2) is 23.8 Å². The number of carboxylic acids is 1. The molecule has 2 heterocycles. The van der Waals surface area contributed by atoms with Crippen LogP contribution in [0, 0.1) is 0 Å². The summed E-state index contributed by atoms with van der Waals surface area (Å²) in [4.78, 5) is 27.1. The summed E-state index contributed by atoms with van der Waals surface area (Å²) < 4.78 is 1.61. The molecule has 0 radical (unpaired) electrons. The second kappa shape index (κ2) is 6.80. The van der Waals surface area contributed by atoms with E-state index in [1.54, 1.807) is 29.5 Å². The number of carboxylic acid groups (broad SMARTS) is 1. The fraction of sp³-hybridized carbons (Fsp3) is 0.231. The maximum atomic E-state index is 11.9. The molecule has 7 nitrogen and oxygen atoms in total. The summed E-state index contributed by atoms with van der Waals surface area (Å²) in [6.07, 6.45) is 4.67. The van der Waals surface area contributed by atoms with E-state index in [1.165, 1.54) is 17.4 Å². The molecular weight excluding hydrogens is 292 g/mol. The van der Waals surface area contributed by atoms with Gasteiger partial charge in [0.2, 0.25) is 0 Å². The van der Waals surface area contributed by atoms with Gasteiger partial charge < -0.3 is 10.4 Å². The van der Waals surface area contributed by atoms with Gasteiger partial charge in [-0.25, -0.2) is 9.78 Å². The molecule has 0 atom stereocenters. The van der Waals surface area contributed by atoms with Gasteiger partial charge >= 0.3 is 5.97 Å². The molecule has 1 amide bonds. The first-order valence-corrected chi connectivity index (χ1v) is 7.05. The highest BCUT2D eigenvalue weighted by atomic mass is 32.1. The molecule has 0 bridgehead atoms. The zero-order valence-electron chi connectivity index (χ0n) is 11.3. The highest BCUT2D eigenvalue weighted by Crippen LogP contribution is 2.16. The predicted molar refractivity (Wildman–Crippen MR) is 78.0 cm³/mol. The summed E-state index contributed by atoms with van der Waals surface area (Å²) in [6, 6.07) is 1.65. The lowest BCUT2D eigenvalue weighted by Crippen LogP contribution is -2.25. The number of nitrogens with one attached hydrogen (secondary N) is 1. The van der Waals surface area contributed by atoms with E-state index in [0.29, 0.717) is 29.2 Å². The molecule has 110 valence electrons. The number of hydrogen-bond donors (Lipinski definition) is 2. The van der Waals surface area contributed by atoms with Crippen LogP contribution in [-0.4, -0.2) is 38.3 Å². The lowest BCUT2D eigenvalue weighted by atomic mass is 10.2. The number of thiophene rings is 1. The minimum atomic E-state index is -1.02. The third-order valence-corrected chi connectivity index (χ3v) is 3.45. The summed E-state index contributed by atoms with van der Waals surface area (Å²) in [5.74, 6) is -0.539. The van der Waals surface area contributed by atoms with Crippen LogP contribution in [-0.2, 0) is 18.3 Å². The van der Waals surface area contributed by atoms with Crippen molar-refractivity contribution in [2.45, 2.75) is 6.42 Å². The molecule has 0 aliphatic heterocycles. The van der Waals surface area contributed by atoms with Crippen molar-refractivity contribution in [3.63, 3.8) is 0 Å². The van der Waals surface area contributed by atoms with E-state index in [2.05, 4.69) is 15.4 Å². The Labute approximate surface area is 124 Å². The maximum absolute atomic E-state index is 11.9. The summed E-state index contributed by atoms with van der Waals surface area (Å²) in [5, 5.41) is 17.1. The van der Waals surface area contributed by atoms with Crippen LogP contribution in [0.5, 0.6) is 0 Å². The molecule has 0 aliphatic carbocycles. The van der Waals surface area contributed by atoms with Gasteiger partial charge in [0.25, 0.3) is 5.91 Å². The number of hydrogen-bond acceptors (Lipinski definition) is 5. The Morgan fingerprint density at radius 1 is 1.52 bits per heavy atom. The van der Waals surface area contributed by atoms with E-state index in [0.717, 1.165) is 6.08 Å². The molecular formula is C13H14N4O3S. The number of aliphatic carboxylic acids is 1. The van der Waals surface area contributed by atoms with E-state index in [9.17, 15) is 9.59 Å². The predicted octanol–water partition coefficient (Wildman–Crippen LogP) is 0.947. The number of rotatable bonds is 6. The second-order valence-corrected chi connectivity index (χ2v) is 5.19. The van der Waals surface area contributed by atoms with Gasteiger partial charge in [-0.2, -0.15) is 5.10 Å². The number of carbonyl (C=O) groups excluding carboxylic acids is 1. The van der Waals surface area contributed by atoms with E-state index in [-0.39, 0.29) is 5.91 Å². The van der Waals surface area contributed by atoms with Crippen LogP contribution in [0.25, 0.3) is 6.08 Å². The number of nitrogens with zero attached hydrogens (tertiary/aromatic N) is 3. The highest BCUT2D eigenvalue weighted by Gasteiger charge is 2.08. The van der Waals surface area contributed by atoms with E-state index >= 15 is 0 Å². The Bertz CT molecular complexity index is 675. The molecule has 0 spiro atoms. The summed E-state index contributed by atoms with van der Waals surface area (Å²) in [5.41, 5.74) is 0.513. The van der Waals surface area contributed by atoms with Gasteiger partial charge in [0.1, 0.15) is 6.33 Å². The topological polar surface area (TPSA) is 97.1 Å². The highest BCUT2D eigenvalue weighted by molar-refractivity contribution is 7.11. The summed E-state index contributed by atoms with van der Waals surface area (Å²) >= 11 is 1.31. The molecule has 2 aromatic rings. The van der Waals surface area contributed by atoms with E-state index in [1.807, 2.05) is 0 Å². The van der Waals surface area contributed by atoms with Crippen LogP contribution >= 0.6 is 11.3 Å². The number of carbonyl (C=O) groups is 2. The first-order chi connectivity index (χ1) is 10.0. The van der Waals surface area contributed by atoms with Crippen molar-refractivity contribution in [2.24, 2.45) is 7.05 Å². The lowest BCUT2D eigenvalue weighted by Gasteiger charge is -2.01. The Hall–Kier alpha value is -2.48. The van der Waals surface area contributed by atoms with Crippen molar-refractivity contribution in [2.75, 3.05) is 6.54 Å². The van der Waals surface area contributed by atoms with Crippen LogP contribution in [0.2, 0.25) is 0 Å². The minimum Gasteiger partial charge on any atom is -0.478 e. The zero-order valence-corrected chi connectivity index (χ0v) is 12.1. The average Bonchev–Trinajstić information content (AvgIpc) is 3.05. The fourth-order valence-electron chi connectivity index (χ4n) is 1.60. The summed E-state index contributed by atoms with van der Waals surface area (Å²) in [7, 11) is 1.78. The molecule has 0 aliphatic rings. The molecule has 2 N–H and O–H groups in total. The van der Waals surface area contributed by atoms with Gasteiger partial charge in [-0.1, -0.05) is 0 Å². The van der Waals surface area contributed by atoms with Gasteiger partial charge in [0, 0.05) is 36.3 Å². The standard InChI is InChI=1S/C13H14N4O3S/c1-17-8-15-11(16-17)4-5-14-13(20)9-6-10(21-7-9)2-3-12(18)19/h2-3,6-8H,4-5H2,1H3,(H,14,20)(H,18,19)/b3-2+. The quantitative estimate of drug-likeness (QED) is 0.774. The van der Waals surface area contributed by atoms with Crippen molar-refractivity contribution < 1.29 is 14.7 Å². The van der Waals surface area contributed by atoms with Crippen molar-refractivity contribution >= 4 is 29.3 Å². The van der Waals surface area contributed by atoms with Crippen LogP contribution < -0.4 is 5.32 Å². The van der Waals surface area contributed by atoms with Crippen LogP contribution in [0.3, 0.4) is 0 Å². The van der Waals surface area contributed by atoms with Gasteiger partial charge in [-0.3, -0.25) is 9.48 Å². The molecule has 0 saturated heterocycles. The fourth-order valence-corrected chi connectivity index (χ4v) is 2.38. The van der Waals surface area contributed by atoms with Crippen molar-refractivity contribution in [1.29, 1.82) is 0 Å². The average molecular weight is 306 g/mol. The van der Waals surface area contributed by atoms with Crippen molar-refractivity contribution in [1.82, 2.24) is 20.1 Å². The number of amides is 1. The monoisotopic (exact) mass is 306 g/mol. The smallest absolute Gasteiger partial charge is 0.328 e. The van der Waals surface area contributed by atoms with Crippen LogP contribution in [0.1, 0.15) is 21.1 Å². The van der Waals surface area contributed by atoms with E-state index in [4.69, 9.17) is 5.11 Å².